The van der Waals surface area contributed by atoms with E-state index in [0.29, 0.717) is 6.42 Å². The fraction of sp³-hybridized carbons (Fsp3) is 0.417. The number of aromatic carboxylic acids is 1. The summed E-state index contributed by atoms with van der Waals surface area (Å²) in [6, 6.07) is 2.64. The van der Waals surface area contributed by atoms with Crippen molar-refractivity contribution in [3.63, 3.8) is 0 Å². The zero-order chi connectivity index (χ0) is 15.3. The van der Waals surface area contributed by atoms with Crippen LogP contribution in [0.15, 0.2) is 12.1 Å². The predicted molar refractivity (Wildman–Crippen MR) is 72.6 cm³/mol. The molecular formula is C12H16N2O5S. The summed E-state index contributed by atoms with van der Waals surface area (Å²) in [4.78, 5) is 26.5. The van der Waals surface area contributed by atoms with Crippen LogP contribution in [0.4, 0.5) is 0 Å². The number of rotatable bonds is 6. The van der Waals surface area contributed by atoms with Gasteiger partial charge in [-0.3, -0.25) is 4.79 Å². The molecule has 7 nitrogen and oxygen atoms in total. The summed E-state index contributed by atoms with van der Waals surface area (Å²) in [5.41, 5.74) is 0.395. The lowest BCUT2D eigenvalue weighted by Gasteiger charge is -2.06. The minimum Gasteiger partial charge on any atom is -0.478 e. The molecule has 0 bridgehead atoms. The number of carbonyl (C=O) groups is 2. The number of hydrogen-bond acceptors (Lipinski definition) is 5. The molecule has 1 rings (SSSR count). The minimum atomic E-state index is -3.04. The van der Waals surface area contributed by atoms with E-state index in [9.17, 15) is 18.0 Å². The van der Waals surface area contributed by atoms with Crippen molar-refractivity contribution in [1.82, 2.24) is 10.3 Å². The van der Waals surface area contributed by atoms with Gasteiger partial charge in [-0.05, 0) is 25.5 Å². The van der Waals surface area contributed by atoms with Crippen molar-refractivity contribution in [2.45, 2.75) is 13.3 Å². The number of nitrogens with one attached hydrogen (secondary N) is 1. The van der Waals surface area contributed by atoms with Crippen molar-refractivity contribution in [3.8, 4) is 0 Å². The van der Waals surface area contributed by atoms with Crippen LogP contribution >= 0.6 is 0 Å². The van der Waals surface area contributed by atoms with Crippen molar-refractivity contribution >= 4 is 21.7 Å². The van der Waals surface area contributed by atoms with Gasteiger partial charge in [0.05, 0.1) is 17.0 Å². The zero-order valence-corrected chi connectivity index (χ0v) is 12.0. The smallest absolute Gasteiger partial charge is 0.337 e. The minimum absolute atomic E-state index is 0.00229. The highest BCUT2D eigenvalue weighted by Gasteiger charge is 2.12. The fourth-order valence-corrected chi connectivity index (χ4v) is 2.21. The maximum Gasteiger partial charge on any atom is 0.337 e. The van der Waals surface area contributed by atoms with Crippen LogP contribution in [0.2, 0.25) is 0 Å². The van der Waals surface area contributed by atoms with E-state index in [0.717, 1.165) is 6.26 Å². The Kier molecular flexibility index (Phi) is 5.20. The van der Waals surface area contributed by atoms with Crippen LogP contribution in [0.5, 0.6) is 0 Å². The molecule has 0 aliphatic rings. The second kappa shape index (κ2) is 6.47. The van der Waals surface area contributed by atoms with Gasteiger partial charge in [0.15, 0.2) is 0 Å². The molecule has 0 atom stereocenters. The molecule has 8 heteroatoms. The van der Waals surface area contributed by atoms with Gasteiger partial charge in [0, 0.05) is 12.8 Å². The van der Waals surface area contributed by atoms with Crippen LogP contribution in [-0.4, -0.2) is 48.9 Å². The van der Waals surface area contributed by atoms with Gasteiger partial charge in [-0.15, -0.1) is 0 Å². The third-order valence-electron chi connectivity index (χ3n) is 2.53. The first-order valence-corrected chi connectivity index (χ1v) is 7.93. The molecule has 0 aromatic carbocycles. The summed E-state index contributed by atoms with van der Waals surface area (Å²) in [7, 11) is -3.04. The summed E-state index contributed by atoms with van der Waals surface area (Å²) in [5, 5.41) is 11.4. The van der Waals surface area contributed by atoms with Crippen molar-refractivity contribution in [3.05, 3.63) is 29.1 Å². The lowest BCUT2D eigenvalue weighted by atomic mass is 10.2. The van der Waals surface area contributed by atoms with E-state index in [1.807, 2.05) is 0 Å². The first-order valence-electron chi connectivity index (χ1n) is 5.87. The van der Waals surface area contributed by atoms with Crippen LogP contribution < -0.4 is 5.32 Å². The number of sulfone groups is 1. The van der Waals surface area contributed by atoms with Gasteiger partial charge in [0.1, 0.15) is 15.5 Å². The molecule has 1 aromatic rings. The van der Waals surface area contributed by atoms with Crippen LogP contribution in [0.1, 0.15) is 33.0 Å². The van der Waals surface area contributed by atoms with Gasteiger partial charge < -0.3 is 10.4 Å². The largest absolute Gasteiger partial charge is 0.478 e. The van der Waals surface area contributed by atoms with E-state index in [2.05, 4.69) is 10.3 Å². The predicted octanol–water partition coefficient (Wildman–Crippen LogP) is 0.253. The molecule has 0 saturated carbocycles. The van der Waals surface area contributed by atoms with Gasteiger partial charge in [0.25, 0.3) is 5.91 Å². The summed E-state index contributed by atoms with van der Waals surface area (Å²) in [5.74, 6) is -1.56. The summed E-state index contributed by atoms with van der Waals surface area (Å²) < 4.78 is 21.8. The number of aryl methyl sites for hydroxylation is 1. The maximum atomic E-state index is 11.7. The summed E-state index contributed by atoms with van der Waals surface area (Å²) >= 11 is 0. The molecule has 0 saturated heterocycles. The first-order chi connectivity index (χ1) is 9.20. The molecule has 20 heavy (non-hydrogen) atoms. The van der Waals surface area contributed by atoms with Gasteiger partial charge in [-0.1, -0.05) is 0 Å². The molecular weight excluding hydrogens is 284 g/mol. The van der Waals surface area contributed by atoms with Crippen LogP contribution in [0.25, 0.3) is 0 Å². The number of pyridine rings is 1. The summed E-state index contributed by atoms with van der Waals surface area (Å²) in [6.07, 6.45) is 1.45. The van der Waals surface area contributed by atoms with Gasteiger partial charge in [0.2, 0.25) is 0 Å². The molecule has 1 aromatic heterocycles. The zero-order valence-electron chi connectivity index (χ0n) is 11.2. The first kappa shape index (κ1) is 16.1. The second-order valence-electron chi connectivity index (χ2n) is 4.37. The average molecular weight is 300 g/mol. The number of aromatic nitrogens is 1. The van der Waals surface area contributed by atoms with Crippen molar-refractivity contribution in [2.75, 3.05) is 18.6 Å². The maximum absolute atomic E-state index is 11.7. The molecule has 0 spiro atoms. The van der Waals surface area contributed by atoms with Crippen molar-refractivity contribution in [1.29, 1.82) is 0 Å². The monoisotopic (exact) mass is 300 g/mol. The Morgan fingerprint density at radius 1 is 1.35 bits per heavy atom. The molecule has 0 fully saturated rings. The molecule has 0 aliphatic carbocycles. The molecule has 2 N–H and O–H groups in total. The number of carboxylic acids is 1. The number of nitrogens with zero attached hydrogens (tertiary/aromatic N) is 1. The van der Waals surface area contributed by atoms with Gasteiger partial charge in [-0.25, -0.2) is 18.2 Å². The quantitative estimate of drug-likeness (QED) is 0.728. The van der Waals surface area contributed by atoms with Crippen LogP contribution in [0, 0.1) is 6.92 Å². The van der Waals surface area contributed by atoms with E-state index in [-0.39, 0.29) is 29.2 Å². The highest BCUT2D eigenvalue weighted by atomic mass is 32.2. The summed E-state index contributed by atoms with van der Waals surface area (Å²) in [6.45, 7) is 1.72. The molecule has 1 heterocycles. The number of amides is 1. The Labute approximate surface area is 116 Å². The fourth-order valence-electron chi connectivity index (χ4n) is 1.54. The standard InChI is InChI=1S/C12H16N2O5S/c1-8-9(12(16)17)4-5-10(14-8)11(15)13-6-3-7-20(2,18)19/h4-5H,3,6-7H2,1-2H3,(H,13,15)(H,16,17). The number of carbonyl (C=O) groups excluding carboxylic acids is 1. The Balaban J connectivity index is 2.60. The number of hydrogen-bond donors (Lipinski definition) is 2. The second-order valence-corrected chi connectivity index (χ2v) is 6.63. The van der Waals surface area contributed by atoms with Gasteiger partial charge >= 0.3 is 5.97 Å². The normalized spacial score (nSPS) is 11.1. The third-order valence-corrected chi connectivity index (χ3v) is 3.56. The third kappa shape index (κ3) is 4.96. The molecule has 1 amide bonds. The van der Waals surface area contributed by atoms with Crippen LogP contribution in [-0.2, 0) is 9.84 Å². The molecule has 0 aliphatic heterocycles. The number of carboxylic acid groups (broad SMARTS) is 1. The SMILES string of the molecule is Cc1nc(C(=O)NCCCS(C)(=O)=O)ccc1C(=O)O. The van der Waals surface area contributed by atoms with E-state index in [1.54, 1.807) is 0 Å². The Morgan fingerprint density at radius 3 is 2.50 bits per heavy atom. The lowest BCUT2D eigenvalue weighted by Crippen LogP contribution is -2.27. The van der Waals surface area contributed by atoms with E-state index in [1.165, 1.54) is 19.1 Å². The highest BCUT2D eigenvalue weighted by molar-refractivity contribution is 7.90. The highest BCUT2D eigenvalue weighted by Crippen LogP contribution is 2.06. The van der Waals surface area contributed by atoms with Crippen molar-refractivity contribution in [2.24, 2.45) is 0 Å². The topological polar surface area (TPSA) is 113 Å². The Morgan fingerprint density at radius 2 is 2.00 bits per heavy atom. The lowest BCUT2D eigenvalue weighted by molar-refractivity contribution is 0.0694. The average Bonchev–Trinajstić information content (AvgIpc) is 2.32. The van der Waals surface area contributed by atoms with Gasteiger partial charge in [-0.2, -0.15) is 0 Å². The van der Waals surface area contributed by atoms with Crippen molar-refractivity contribution < 1.29 is 23.1 Å². The van der Waals surface area contributed by atoms with E-state index in [4.69, 9.17) is 5.11 Å². The Hall–Kier alpha value is -1.96. The van der Waals surface area contributed by atoms with E-state index >= 15 is 0 Å². The molecule has 110 valence electrons. The van der Waals surface area contributed by atoms with Crippen LogP contribution in [0.3, 0.4) is 0 Å². The molecule has 0 unspecified atom stereocenters. The Bertz CT molecular complexity index is 625. The van der Waals surface area contributed by atoms with E-state index < -0.39 is 21.7 Å². The molecule has 0 radical (unpaired) electrons.